The van der Waals surface area contributed by atoms with Gasteiger partial charge < -0.3 is 19.4 Å². The van der Waals surface area contributed by atoms with Crippen LogP contribution in [0.4, 0.5) is 5.82 Å². The van der Waals surface area contributed by atoms with E-state index < -0.39 is 0 Å². The highest BCUT2D eigenvalue weighted by molar-refractivity contribution is 6.38. The smallest absolute Gasteiger partial charge is 0.224 e. The zero-order valence-corrected chi connectivity index (χ0v) is 20.0. The number of rotatable bonds is 9. The van der Waals surface area contributed by atoms with E-state index in [4.69, 9.17) is 32.9 Å². The number of methoxy groups -OCH3 is 1. The van der Waals surface area contributed by atoms with Crippen molar-refractivity contribution in [3.8, 4) is 0 Å². The number of nitrogens with zero attached hydrogens (tertiary/aromatic N) is 5. The number of likely N-dealkylation sites (N-methyl/N-ethyl adjacent to an activating group) is 1. The molecule has 0 aliphatic carbocycles. The van der Waals surface area contributed by atoms with E-state index in [1.165, 1.54) is 0 Å². The Morgan fingerprint density at radius 1 is 1.13 bits per heavy atom. The first kappa shape index (κ1) is 24.0. The molecule has 2 heterocycles. The highest BCUT2D eigenvalue weighted by Crippen LogP contribution is 2.32. The summed E-state index contributed by atoms with van der Waals surface area (Å²) >= 11 is 12.7. The lowest BCUT2D eigenvalue weighted by atomic mass is 10.2. The molecule has 1 aliphatic rings. The second-order valence-corrected chi connectivity index (χ2v) is 8.49. The number of anilines is 1. The summed E-state index contributed by atoms with van der Waals surface area (Å²) in [5.74, 6) is 1.62. The van der Waals surface area contributed by atoms with Crippen LogP contribution in [0.15, 0.2) is 12.1 Å². The molecule has 3 rings (SSSR count). The minimum Gasteiger partial charge on any atom is -0.383 e. The molecule has 7 nitrogen and oxygen atoms in total. The number of ether oxygens (including phenoxy) is 1. The van der Waals surface area contributed by atoms with Crippen LogP contribution in [0, 0.1) is 0 Å². The van der Waals surface area contributed by atoms with E-state index in [2.05, 4.69) is 21.7 Å². The third-order valence-corrected chi connectivity index (χ3v) is 6.20. The third kappa shape index (κ3) is 5.98. The summed E-state index contributed by atoms with van der Waals surface area (Å²) in [5, 5.41) is 1.82. The average Bonchev–Trinajstić information content (AvgIpc) is 2.78. The standard InChI is InChI=1S/C22H31Cl2N5O2/c1-4-19-25-21-17(14-16(23)15-18(21)24)22(26-19)29(12-13-31-3)7-6-20(30)28-10-8-27(5-2)9-11-28/h14-15H,4-13H2,1-3H3. The maximum Gasteiger partial charge on any atom is 0.224 e. The molecule has 9 heteroatoms. The highest BCUT2D eigenvalue weighted by atomic mass is 35.5. The molecule has 0 radical (unpaired) electrons. The largest absolute Gasteiger partial charge is 0.383 e. The van der Waals surface area contributed by atoms with Crippen LogP contribution in [0.3, 0.4) is 0 Å². The maximum atomic E-state index is 12.9. The van der Waals surface area contributed by atoms with Gasteiger partial charge in [-0.2, -0.15) is 0 Å². The fourth-order valence-electron chi connectivity index (χ4n) is 3.81. The molecule has 0 spiro atoms. The Labute approximate surface area is 194 Å². The summed E-state index contributed by atoms with van der Waals surface area (Å²) in [5.41, 5.74) is 0.678. The van der Waals surface area contributed by atoms with E-state index in [1.807, 2.05) is 17.9 Å². The highest BCUT2D eigenvalue weighted by Gasteiger charge is 2.22. The van der Waals surface area contributed by atoms with E-state index in [9.17, 15) is 4.79 Å². The van der Waals surface area contributed by atoms with Gasteiger partial charge in [0.05, 0.1) is 17.1 Å². The van der Waals surface area contributed by atoms with Crippen LogP contribution in [0.5, 0.6) is 0 Å². The monoisotopic (exact) mass is 467 g/mol. The first-order valence-electron chi connectivity index (χ1n) is 10.9. The second kappa shape index (κ2) is 11.3. The molecule has 0 atom stereocenters. The first-order chi connectivity index (χ1) is 15.0. The molecule has 170 valence electrons. The van der Waals surface area contributed by atoms with Crippen molar-refractivity contribution in [1.29, 1.82) is 0 Å². The van der Waals surface area contributed by atoms with Crippen molar-refractivity contribution < 1.29 is 9.53 Å². The number of piperazine rings is 1. The van der Waals surface area contributed by atoms with Crippen molar-refractivity contribution in [2.24, 2.45) is 0 Å². The summed E-state index contributed by atoms with van der Waals surface area (Å²) in [6.07, 6.45) is 1.09. The van der Waals surface area contributed by atoms with E-state index in [0.717, 1.165) is 43.9 Å². The Morgan fingerprint density at radius 3 is 2.52 bits per heavy atom. The van der Waals surface area contributed by atoms with Crippen LogP contribution in [0.25, 0.3) is 10.9 Å². The van der Waals surface area contributed by atoms with Crippen LogP contribution in [0.1, 0.15) is 26.1 Å². The molecule has 2 aromatic rings. The number of amides is 1. The van der Waals surface area contributed by atoms with Gasteiger partial charge in [0, 0.05) is 69.6 Å². The molecule has 1 amide bonds. The van der Waals surface area contributed by atoms with Gasteiger partial charge in [-0.05, 0) is 18.7 Å². The topological polar surface area (TPSA) is 61.8 Å². The Kier molecular flexibility index (Phi) is 8.72. The molecule has 1 aromatic heterocycles. The SMILES string of the molecule is CCc1nc(N(CCOC)CCC(=O)N2CCN(CC)CC2)c2cc(Cl)cc(Cl)c2n1. The molecule has 1 aromatic carbocycles. The predicted octanol–water partition coefficient (Wildman–Crippen LogP) is 3.51. The van der Waals surface area contributed by atoms with E-state index >= 15 is 0 Å². The molecule has 0 saturated carbocycles. The van der Waals surface area contributed by atoms with Crippen molar-refractivity contribution in [3.05, 3.63) is 28.0 Å². The second-order valence-electron chi connectivity index (χ2n) is 7.65. The summed E-state index contributed by atoms with van der Waals surface area (Å²) in [7, 11) is 1.67. The summed E-state index contributed by atoms with van der Waals surface area (Å²) in [6.45, 7) is 10.3. The van der Waals surface area contributed by atoms with Crippen molar-refractivity contribution in [3.63, 3.8) is 0 Å². The van der Waals surface area contributed by atoms with Gasteiger partial charge in [-0.15, -0.1) is 0 Å². The number of hydrogen-bond acceptors (Lipinski definition) is 6. The molecule has 1 fully saturated rings. The lowest BCUT2D eigenvalue weighted by molar-refractivity contribution is -0.132. The molecular weight excluding hydrogens is 437 g/mol. The maximum absolute atomic E-state index is 12.9. The number of carbonyl (C=O) groups excluding carboxylic acids is 1. The number of hydrogen-bond donors (Lipinski definition) is 0. The number of halogens is 2. The zero-order valence-electron chi connectivity index (χ0n) is 18.5. The Balaban J connectivity index is 1.83. The first-order valence-corrected chi connectivity index (χ1v) is 11.6. The quantitative estimate of drug-likeness (QED) is 0.562. The Morgan fingerprint density at radius 2 is 1.87 bits per heavy atom. The number of aromatic nitrogens is 2. The van der Waals surface area contributed by atoms with Crippen molar-refractivity contribution in [2.75, 3.05) is 64.4 Å². The van der Waals surface area contributed by atoms with Crippen LogP contribution in [0.2, 0.25) is 10.0 Å². The van der Waals surface area contributed by atoms with Crippen molar-refractivity contribution in [2.45, 2.75) is 26.7 Å². The minimum absolute atomic E-state index is 0.170. The van der Waals surface area contributed by atoms with Crippen LogP contribution < -0.4 is 4.90 Å². The molecule has 1 saturated heterocycles. The number of aryl methyl sites for hydroxylation is 1. The van der Waals surface area contributed by atoms with Gasteiger partial charge in [0.25, 0.3) is 0 Å². The fraction of sp³-hybridized carbons (Fsp3) is 0.591. The van der Waals surface area contributed by atoms with Gasteiger partial charge in [-0.1, -0.05) is 37.0 Å². The van der Waals surface area contributed by atoms with Gasteiger partial charge in [0.2, 0.25) is 5.91 Å². The van der Waals surface area contributed by atoms with Crippen molar-refractivity contribution in [1.82, 2.24) is 19.8 Å². The van der Waals surface area contributed by atoms with Crippen LogP contribution >= 0.6 is 23.2 Å². The van der Waals surface area contributed by atoms with Crippen molar-refractivity contribution >= 4 is 45.8 Å². The Hall–Kier alpha value is -1.67. The van der Waals surface area contributed by atoms with Gasteiger partial charge in [0.15, 0.2) is 0 Å². The molecule has 0 bridgehead atoms. The molecule has 1 aliphatic heterocycles. The van der Waals surface area contributed by atoms with Gasteiger partial charge >= 0.3 is 0 Å². The van der Waals surface area contributed by atoms with Crippen LogP contribution in [-0.2, 0) is 16.0 Å². The zero-order chi connectivity index (χ0) is 22.4. The fourth-order valence-corrected chi connectivity index (χ4v) is 4.35. The van der Waals surface area contributed by atoms with Gasteiger partial charge in [-0.3, -0.25) is 4.79 Å². The molecule has 31 heavy (non-hydrogen) atoms. The molecule has 0 unspecified atom stereocenters. The van der Waals surface area contributed by atoms with Gasteiger partial charge in [0.1, 0.15) is 11.6 Å². The van der Waals surface area contributed by atoms with Crippen LogP contribution in [-0.4, -0.2) is 85.2 Å². The predicted molar refractivity (Wildman–Crippen MR) is 126 cm³/mol. The summed E-state index contributed by atoms with van der Waals surface area (Å²) in [4.78, 5) is 28.7. The third-order valence-electron chi connectivity index (χ3n) is 5.69. The lowest BCUT2D eigenvalue weighted by Crippen LogP contribution is -2.49. The summed E-state index contributed by atoms with van der Waals surface area (Å²) in [6, 6.07) is 3.53. The lowest BCUT2D eigenvalue weighted by Gasteiger charge is -2.34. The van der Waals surface area contributed by atoms with E-state index in [-0.39, 0.29) is 5.91 Å². The van der Waals surface area contributed by atoms with E-state index in [1.54, 1.807) is 13.2 Å². The average molecular weight is 468 g/mol. The number of carbonyl (C=O) groups is 1. The summed E-state index contributed by atoms with van der Waals surface area (Å²) < 4.78 is 5.32. The number of fused-ring (bicyclic) bond motifs is 1. The minimum atomic E-state index is 0.170. The molecular formula is C22H31Cl2N5O2. The Bertz CT molecular complexity index is 903. The number of benzene rings is 1. The van der Waals surface area contributed by atoms with E-state index in [0.29, 0.717) is 53.9 Å². The molecule has 0 N–H and O–H groups in total. The van der Waals surface area contributed by atoms with Gasteiger partial charge in [-0.25, -0.2) is 9.97 Å². The normalized spacial score (nSPS) is 14.9.